The molecule has 1 aromatic carbocycles. The van der Waals surface area contributed by atoms with Crippen molar-refractivity contribution in [2.45, 2.75) is 53.1 Å². The number of amides is 2. The standard InChI is InChI=1S/C22H26N4O2S2/c1-13-9-14(2)11-16(10-13)26(21(28)17-12-30-25-24-17)18(19-15(3)7-8-29-19)20(27)23-22(4,5)6/h7-12,18H,1-6H3,(H,23,27)/t18-/m0/s1. The molecular formula is C22H26N4O2S2. The van der Waals surface area contributed by atoms with Crippen molar-refractivity contribution in [2.24, 2.45) is 0 Å². The number of anilines is 1. The van der Waals surface area contributed by atoms with Crippen LogP contribution in [0.4, 0.5) is 5.69 Å². The van der Waals surface area contributed by atoms with Crippen molar-refractivity contribution in [1.29, 1.82) is 0 Å². The van der Waals surface area contributed by atoms with Gasteiger partial charge in [0, 0.05) is 21.5 Å². The summed E-state index contributed by atoms with van der Waals surface area (Å²) in [4.78, 5) is 29.5. The van der Waals surface area contributed by atoms with Crippen LogP contribution in [-0.2, 0) is 4.79 Å². The molecule has 158 valence electrons. The number of hydrogen-bond donors (Lipinski definition) is 1. The van der Waals surface area contributed by atoms with Gasteiger partial charge in [-0.2, -0.15) is 0 Å². The molecule has 0 saturated carbocycles. The van der Waals surface area contributed by atoms with Gasteiger partial charge in [0.05, 0.1) is 0 Å². The van der Waals surface area contributed by atoms with Gasteiger partial charge in [-0.25, -0.2) is 0 Å². The van der Waals surface area contributed by atoms with Crippen molar-refractivity contribution in [2.75, 3.05) is 4.90 Å². The first kappa shape index (κ1) is 22.1. The normalized spacial score (nSPS) is 12.5. The third-order valence-corrected chi connectivity index (χ3v) is 6.01. The second-order valence-electron chi connectivity index (χ2n) is 8.42. The largest absolute Gasteiger partial charge is 0.349 e. The Bertz CT molecular complexity index is 1030. The Morgan fingerprint density at radius 3 is 2.27 bits per heavy atom. The average Bonchev–Trinajstić information content (AvgIpc) is 3.28. The molecule has 30 heavy (non-hydrogen) atoms. The Morgan fingerprint density at radius 2 is 1.77 bits per heavy atom. The number of thiophene rings is 1. The second kappa shape index (κ2) is 8.65. The molecule has 2 heterocycles. The Kier molecular flexibility index (Phi) is 6.38. The highest BCUT2D eigenvalue weighted by molar-refractivity contribution is 7.10. The van der Waals surface area contributed by atoms with Crippen LogP contribution in [0, 0.1) is 20.8 Å². The molecule has 0 fully saturated rings. The van der Waals surface area contributed by atoms with Crippen molar-refractivity contribution >= 4 is 40.4 Å². The highest BCUT2D eigenvalue weighted by Crippen LogP contribution is 2.35. The number of hydrogen-bond acceptors (Lipinski definition) is 6. The van der Waals surface area contributed by atoms with Crippen LogP contribution >= 0.6 is 22.9 Å². The molecule has 0 aliphatic heterocycles. The number of carbonyl (C=O) groups is 2. The molecule has 0 aliphatic rings. The summed E-state index contributed by atoms with van der Waals surface area (Å²) in [5.41, 5.74) is 3.43. The fraction of sp³-hybridized carbons (Fsp3) is 0.364. The van der Waals surface area contributed by atoms with Crippen LogP contribution < -0.4 is 10.2 Å². The van der Waals surface area contributed by atoms with Gasteiger partial charge in [0.15, 0.2) is 11.7 Å². The van der Waals surface area contributed by atoms with E-state index in [1.165, 1.54) is 11.3 Å². The van der Waals surface area contributed by atoms with Gasteiger partial charge < -0.3 is 5.32 Å². The van der Waals surface area contributed by atoms with Gasteiger partial charge in [0.25, 0.3) is 5.91 Å². The molecule has 0 saturated heterocycles. The third kappa shape index (κ3) is 4.94. The van der Waals surface area contributed by atoms with Gasteiger partial charge in [-0.1, -0.05) is 10.6 Å². The van der Waals surface area contributed by atoms with Gasteiger partial charge in [-0.15, -0.1) is 16.4 Å². The summed E-state index contributed by atoms with van der Waals surface area (Å²) < 4.78 is 3.84. The highest BCUT2D eigenvalue weighted by atomic mass is 32.1. The average molecular weight is 443 g/mol. The van der Waals surface area contributed by atoms with E-state index in [9.17, 15) is 9.59 Å². The number of carbonyl (C=O) groups excluding carboxylic acids is 2. The molecule has 0 unspecified atom stereocenters. The summed E-state index contributed by atoms with van der Waals surface area (Å²) in [5, 5.41) is 10.6. The molecule has 2 aromatic heterocycles. The van der Waals surface area contributed by atoms with Crippen molar-refractivity contribution in [3.8, 4) is 0 Å². The molecule has 0 aliphatic carbocycles. The third-order valence-electron chi connectivity index (χ3n) is 4.44. The molecule has 0 bridgehead atoms. The van der Waals surface area contributed by atoms with Gasteiger partial charge in [-0.3, -0.25) is 14.5 Å². The van der Waals surface area contributed by atoms with Crippen molar-refractivity contribution in [3.63, 3.8) is 0 Å². The molecule has 1 atom stereocenters. The first-order valence-electron chi connectivity index (χ1n) is 9.62. The van der Waals surface area contributed by atoms with E-state index in [2.05, 4.69) is 14.9 Å². The zero-order chi connectivity index (χ0) is 22.1. The smallest absolute Gasteiger partial charge is 0.280 e. The molecule has 6 nitrogen and oxygen atoms in total. The summed E-state index contributed by atoms with van der Waals surface area (Å²) >= 11 is 2.58. The quantitative estimate of drug-likeness (QED) is 0.614. The first-order valence-corrected chi connectivity index (χ1v) is 11.3. The van der Waals surface area contributed by atoms with Gasteiger partial charge >= 0.3 is 0 Å². The van der Waals surface area contributed by atoms with Crippen molar-refractivity contribution in [1.82, 2.24) is 14.9 Å². The Hall–Kier alpha value is -2.58. The van der Waals surface area contributed by atoms with E-state index in [0.29, 0.717) is 5.69 Å². The Morgan fingerprint density at radius 1 is 1.10 bits per heavy atom. The van der Waals surface area contributed by atoms with E-state index in [0.717, 1.165) is 33.1 Å². The molecule has 1 N–H and O–H groups in total. The lowest BCUT2D eigenvalue weighted by Gasteiger charge is -2.33. The Labute approximate surface area is 185 Å². The molecular weight excluding hydrogens is 416 g/mol. The summed E-state index contributed by atoms with van der Waals surface area (Å²) in [6, 6.07) is 7.03. The lowest BCUT2D eigenvalue weighted by atomic mass is 10.0. The van der Waals surface area contributed by atoms with Crippen molar-refractivity contribution in [3.05, 3.63) is 62.3 Å². The van der Waals surface area contributed by atoms with E-state index in [1.807, 2.05) is 71.2 Å². The zero-order valence-electron chi connectivity index (χ0n) is 18.0. The van der Waals surface area contributed by atoms with Gasteiger partial charge in [0.1, 0.15) is 0 Å². The summed E-state index contributed by atoms with van der Waals surface area (Å²) in [7, 11) is 0. The zero-order valence-corrected chi connectivity index (χ0v) is 19.6. The minimum atomic E-state index is -0.820. The van der Waals surface area contributed by atoms with E-state index in [1.54, 1.807) is 10.3 Å². The maximum absolute atomic E-state index is 13.6. The number of aromatic nitrogens is 2. The van der Waals surface area contributed by atoms with E-state index in [-0.39, 0.29) is 17.5 Å². The molecule has 0 radical (unpaired) electrons. The number of benzene rings is 1. The second-order valence-corrected chi connectivity index (χ2v) is 9.98. The van der Waals surface area contributed by atoms with Gasteiger partial charge in [-0.05, 0) is 93.3 Å². The fourth-order valence-corrected chi connectivity index (χ4v) is 4.75. The van der Waals surface area contributed by atoms with Crippen LogP contribution in [0.3, 0.4) is 0 Å². The van der Waals surface area contributed by atoms with Crippen LogP contribution in [-0.4, -0.2) is 26.9 Å². The fourth-order valence-electron chi connectivity index (χ4n) is 3.31. The molecule has 8 heteroatoms. The molecule has 3 aromatic rings. The molecule has 0 spiro atoms. The topological polar surface area (TPSA) is 75.2 Å². The van der Waals surface area contributed by atoms with Crippen LogP contribution in [0.2, 0.25) is 0 Å². The number of nitrogens with one attached hydrogen (secondary N) is 1. The predicted molar refractivity (Wildman–Crippen MR) is 122 cm³/mol. The maximum Gasteiger partial charge on any atom is 0.280 e. The minimum absolute atomic E-state index is 0.224. The van der Waals surface area contributed by atoms with Gasteiger partial charge in [0.2, 0.25) is 5.91 Å². The first-order chi connectivity index (χ1) is 14.1. The number of nitrogens with zero attached hydrogens (tertiary/aromatic N) is 3. The summed E-state index contributed by atoms with van der Waals surface area (Å²) in [6.45, 7) is 11.7. The Balaban J connectivity index is 2.21. The molecule has 3 rings (SSSR count). The van der Waals surface area contributed by atoms with Crippen LogP contribution in [0.1, 0.15) is 58.9 Å². The van der Waals surface area contributed by atoms with Crippen LogP contribution in [0.5, 0.6) is 0 Å². The van der Waals surface area contributed by atoms with E-state index < -0.39 is 11.6 Å². The van der Waals surface area contributed by atoms with Crippen LogP contribution in [0.25, 0.3) is 0 Å². The number of aryl methyl sites for hydroxylation is 3. The summed E-state index contributed by atoms with van der Waals surface area (Å²) in [6.07, 6.45) is 0. The highest BCUT2D eigenvalue weighted by Gasteiger charge is 2.37. The lowest BCUT2D eigenvalue weighted by Crippen LogP contribution is -2.49. The SMILES string of the molecule is Cc1cc(C)cc(N(C(=O)c2csnn2)[C@H](C(=O)NC(C)(C)C)c2sccc2C)c1. The lowest BCUT2D eigenvalue weighted by molar-refractivity contribution is -0.123. The number of rotatable bonds is 5. The van der Waals surface area contributed by atoms with Crippen LogP contribution in [0.15, 0.2) is 35.0 Å². The molecule has 2 amide bonds. The minimum Gasteiger partial charge on any atom is -0.349 e. The van der Waals surface area contributed by atoms with E-state index in [4.69, 9.17) is 0 Å². The maximum atomic E-state index is 13.6. The summed E-state index contributed by atoms with van der Waals surface area (Å²) in [5.74, 6) is -0.584. The monoisotopic (exact) mass is 442 g/mol. The van der Waals surface area contributed by atoms with Crippen molar-refractivity contribution < 1.29 is 9.59 Å². The van der Waals surface area contributed by atoms with E-state index >= 15 is 0 Å². The predicted octanol–water partition coefficient (Wildman–Crippen LogP) is 4.83.